The van der Waals surface area contributed by atoms with Gasteiger partial charge in [-0.25, -0.2) is 0 Å². The molecule has 0 radical (unpaired) electrons. The number of aliphatic hydroxyl groups excluding tert-OH is 1. The van der Waals surface area contributed by atoms with E-state index in [0.717, 1.165) is 15.0 Å². The standard InChI is InChI=1S/C12H14NO2SSe/c1-9-11(4-5-14)16-8-13(9)7-10(15)12-3-2-6-17-12/h2-3,6,8,14H,4-5,7H2,1H3/q+1. The van der Waals surface area contributed by atoms with Gasteiger partial charge in [0.2, 0.25) is 0 Å². The molecule has 17 heavy (non-hydrogen) atoms. The Kier molecular flexibility index (Phi) is 4.29. The predicted octanol–water partition coefficient (Wildman–Crippen LogP) is 0.819. The Labute approximate surface area is 110 Å². The van der Waals surface area contributed by atoms with Crippen LogP contribution in [-0.2, 0) is 13.0 Å². The van der Waals surface area contributed by atoms with Gasteiger partial charge in [0.25, 0.3) is 0 Å². The van der Waals surface area contributed by atoms with Gasteiger partial charge in [-0.05, 0) is 0 Å². The molecule has 1 N–H and O–H groups in total. The molecule has 0 unspecified atom stereocenters. The molecule has 0 amide bonds. The summed E-state index contributed by atoms with van der Waals surface area (Å²) in [7, 11) is 0. The summed E-state index contributed by atoms with van der Waals surface area (Å²) in [6, 6.07) is 3.87. The van der Waals surface area contributed by atoms with E-state index in [2.05, 4.69) is 4.94 Å². The van der Waals surface area contributed by atoms with Crippen LogP contribution in [0, 0.1) is 6.92 Å². The zero-order valence-electron chi connectivity index (χ0n) is 9.55. The van der Waals surface area contributed by atoms with Crippen molar-refractivity contribution in [2.45, 2.75) is 19.9 Å². The summed E-state index contributed by atoms with van der Waals surface area (Å²) in [6.45, 7) is 2.58. The van der Waals surface area contributed by atoms with Crippen molar-refractivity contribution in [2.75, 3.05) is 6.61 Å². The average molecular weight is 315 g/mol. The Morgan fingerprint density at radius 1 is 1.59 bits per heavy atom. The Morgan fingerprint density at radius 2 is 2.41 bits per heavy atom. The molecule has 2 rings (SSSR count). The van der Waals surface area contributed by atoms with E-state index in [1.54, 1.807) is 11.3 Å². The molecule has 5 heteroatoms. The third-order valence-corrected chi connectivity index (χ3v) is 5.66. The van der Waals surface area contributed by atoms with E-state index in [4.69, 9.17) is 5.11 Å². The Bertz CT molecular complexity index is 505. The average Bonchev–Trinajstić information content (AvgIpc) is 2.94. The van der Waals surface area contributed by atoms with Crippen LogP contribution in [0.3, 0.4) is 0 Å². The van der Waals surface area contributed by atoms with Gasteiger partial charge in [0, 0.05) is 0 Å². The molecular weight excluding hydrogens is 301 g/mol. The number of carbonyl (C=O) groups excluding carboxylic acids is 1. The van der Waals surface area contributed by atoms with Crippen LogP contribution in [0.4, 0.5) is 0 Å². The first-order chi connectivity index (χ1) is 8.22. The second-order valence-electron chi connectivity index (χ2n) is 3.73. The molecule has 0 atom stereocenters. The van der Waals surface area contributed by atoms with Crippen molar-refractivity contribution in [3.05, 3.63) is 37.6 Å². The third-order valence-electron chi connectivity index (χ3n) is 2.61. The summed E-state index contributed by atoms with van der Waals surface area (Å²) >= 11 is 1.82. The van der Waals surface area contributed by atoms with Gasteiger partial charge in [0.15, 0.2) is 0 Å². The zero-order valence-corrected chi connectivity index (χ0v) is 12.1. The minimum atomic E-state index is 0.160. The molecule has 2 aromatic heterocycles. The molecule has 0 aromatic carbocycles. The van der Waals surface area contributed by atoms with Crippen molar-refractivity contribution in [2.24, 2.45) is 0 Å². The molecule has 90 valence electrons. The second-order valence-corrected chi connectivity index (χ2v) is 6.66. The van der Waals surface area contributed by atoms with E-state index >= 15 is 0 Å². The quantitative estimate of drug-likeness (QED) is 0.504. The maximum absolute atomic E-state index is 12.0. The Hall–Kier alpha value is -0.741. The van der Waals surface area contributed by atoms with Crippen molar-refractivity contribution in [3.8, 4) is 0 Å². The summed E-state index contributed by atoms with van der Waals surface area (Å²) in [5.74, 6) is 0.205. The summed E-state index contributed by atoms with van der Waals surface area (Å²) in [6.07, 6.45) is 0.672. The summed E-state index contributed by atoms with van der Waals surface area (Å²) in [5, 5.41) is 8.92. The van der Waals surface area contributed by atoms with Crippen LogP contribution in [0.5, 0.6) is 0 Å². The van der Waals surface area contributed by atoms with Crippen molar-refractivity contribution in [1.82, 2.24) is 0 Å². The van der Waals surface area contributed by atoms with Crippen LogP contribution in [-0.4, -0.2) is 32.0 Å². The first-order valence-electron chi connectivity index (χ1n) is 5.36. The van der Waals surface area contributed by atoms with Crippen LogP contribution in [0.2, 0.25) is 0 Å². The number of aliphatic hydroxyl groups is 1. The van der Waals surface area contributed by atoms with E-state index < -0.39 is 0 Å². The van der Waals surface area contributed by atoms with Gasteiger partial charge >= 0.3 is 110 Å². The monoisotopic (exact) mass is 316 g/mol. The number of hydrogen-bond acceptors (Lipinski definition) is 3. The summed E-state index contributed by atoms with van der Waals surface area (Å²) < 4.78 is 2.92. The maximum atomic E-state index is 12.0. The van der Waals surface area contributed by atoms with E-state index in [-0.39, 0.29) is 26.9 Å². The molecule has 2 heterocycles. The van der Waals surface area contributed by atoms with E-state index in [9.17, 15) is 4.79 Å². The molecule has 0 fully saturated rings. The summed E-state index contributed by atoms with van der Waals surface area (Å²) in [5.41, 5.74) is 3.06. The van der Waals surface area contributed by atoms with Crippen LogP contribution in [0.25, 0.3) is 0 Å². The zero-order chi connectivity index (χ0) is 12.3. The number of rotatable bonds is 5. The molecule has 0 saturated carbocycles. The number of Topliss-reactive ketones (excluding diaryl/α,β-unsaturated/α-hetero) is 1. The van der Waals surface area contributed by atoms with Gasteiger partial charge in [-0.15, -0.1) is 0 Å². The van der Waals surface area contributed by atoms with Crippen LogP contribution >= 0.6 is 11.3 Å². The first-order valence-corrected chi connectivity index (χ1v) is 8.09. The fourth-order valence-corrected chi connectivity index (χ4v) is 3.98. The molecule has 2 aromatic rings. The number of aromatic nitrogens is 1. The molecule has 0 aliphatic rings. The number of ketones is 1. The molecule has 0 bridgehead atoms. The van der Waals surface area contributed by atoms with Crippen molar-refractivity contribution < 1.29 is 14.5 Å². The third kappa shape index (κ3) is 2.93. The van der Waals surface area contributed by atoms with Gasteiger partial charge in [-0.2, -0.15) is 0 Å². The second kappa shape index (κ2) is 5.74. The van der Waals surface area contributed by atoms with E-state index in [1.165, 1.54) is 0 Å². The molecule has 0 aliphatic carbocycles. The van der Waals surface area contributed by atoms with Gasteiger partial charge in [-0.1, -0.05) is 0 Å². The van der Waals surface area contributed by atoms with Crippen LogP contribution < -0.4 is 4.57 Å². The Balaban J connectivity index is 2.11. The first kappa shape index (κ1) is 12.7. The van der Waals surface area contributed by atoms with E-state index in [1.807, 2.05) is 29.1 Å². The fraction of sp³-hybridized carbons (Fsp3) is 0.333. The van der Waals surface area contributed by atoms with Gasteiger partial charge < -0.3 is 0 Å². The number of thiazole rings is 1. The van der Waals surface area contributed by atoms with Crippen molar-refractivity contribution >= 4 is 31.6 Å². The SMILES string of the molecule is Cc1c(CCO)sc[n+]1CC(=O)c1ccc[se]1. The normalized spacial score (nSPS) is 10.7. The van der Waals surface area contributed by atoms with Crippen molar-refractivity contribution in [3.63, 3.8) is 0 Å². The van der Waals surface area contributed by atoms with Crippen LogP contribution in [0.1, 0.15) is 19.8 Å². The van der Waals surface area contributed by atoms with Gasteiger partial charge in [0.05, 0.1) is 0 Å². The van der Waals surface area contributed by atoms with E-state index in [0.29, 0.717) is 13.0 Å². The van der Waals surface area contributed by atoms with Crippen LogP contribution in [0.15, 0.2) is 22.6 Å². The number of nitrogens with zero attached hydrogens (tertiary/aromatic N) is 1. The molecule has 0 aliphatic heterocycles. The molecular formula is C12H14NO2SSe+. The molecule has 3 nitrogen and oxygen atoms in total. The molecule has 0 saturated heterocycles. The Morgan fingerprint density at radius 3 is 3.06 bits per heavy atom. The predicted molar refractivity (Wildman–Crippen MR) is 67.8 cm³/mol. The summed E-state index contributed by atoms with van der Waals surface area (Å²) in [4.78, 5) is 15.2. The fourth-order valence-electron chi connectivity index (χ4n) is 1.62. The molecule has 0 spiro atoms. The number of carbonyl (C=O) groups is 1. The van der Waals surface area contributed by atoms with Crippen molar-refractivity contribution in [1.29, 1.82) is 0 Å². The van der Waals surface area contributed by atoms with Gasteiger partial charge in [-0.3, -0.25) is 0 Å². The number of hydrogen-bond donors (Lipinski definition) is 1. The van der Waals surface area contributed by atoms with Gasteiger partial charge in [0.1, 0.15) is 0 Å². The topological polar surface area (TPSA) is 41.2 Å². The minimum absolute atomic E-state index is 0.160.